The summed E-state index contributed by atoms with van der Waals surface area (Å²) >= 11 is 7.44. The lowest BCUT2D eigenvalue weighted by atomic mass is 10.3. The van der Waals surface area contributed by atoms with E-state index in [-0.39, 0.29) is 0 Å². The maximum Gasteiger partial charge on any atom is 0.0223 e. The standard InChI is InChI=1S/C8H18ClNS/c1-11-8-4-7-10-6-3-2-5-9/h10H,2-8H2,1H3. The maximum atomic E-state index is 5.53. The lowest BCUT2D eigenvalue weighted by Crippen LogP contribution is -2.17. The Morgan fingerprint density at radius 2 is 1.91 bits per heavy atom. The Hall–Kier alpha value is 0.600. The van der Waals surface area contributed by atoms with Crippen molar-refractivity contribution in [1.82, 2.24) is 5.32 Å². The summed E-state index contributed by atoms with van der Waals surface area (Å²) in [6, 6.07) is 0. The Morgan fingerprint density at radius 1 is 1.18 bits per heavy atom. The van der Waals surface area contributed by atoms with Crippen molar-refractivity contribution in [2.45, 2.75) is 19.3 Å². The number of rotatable bonds is 8. The second-order valence-corrected chi connectivity index (χ2v) is 3.86. The first kappa shape index (κ1) is 11.6. The van der Waals surface area contributed by atoms with Gasteiger partial charge in [-0.15, -0.1) is 11.6 Å². The van der Waals surface area contributed by atoms with E-state index in [2.05, 4.69) is 11.6 Å². The molecule has 0 saturated carbocycles. The first-order chi connectivity index (χ1) is 5.41. The Labute approximate surface area is 79.3 Å². The van der Waals surface area contributed by atoms with Crippen LogP contribution in [0.5, 0.6) is 0 Å². The third-order valence-electron chi connectivity index (χ3n) is 1.44. The molecule has 1 nitrogen and oxygen atoms in total. The predicted molar refractivity (Wildman–Crippen MR) is 55.8 cm³/mol. The van der Waals surface area contributed by atoms with E-state index >= 15 is 0 Å². The quantitative estimate of drug-likeness (QED) is 0.472. The van der Waals surface area contributed by atoms with E-state index in [1.807, 2.05) is 11.8 Å². The van der Waals surface area contributed by atoms with Crippen LogP contribution in [0.15, 0.2) is 0 Å². The van der Waals surface area contributed by atoms with Crippen molar-refractivity contribution in [3.63, 3.8) is 0 Å². The monoisotopic (exact) mass is 195 g/mol. The fourth-order valence-corrected chi connectivity index (χ4v) is 1.43. The number of nitrogens with one attached hydrogen (secondary N) is 1. The molecule has 0 aliphatic heterocycles. The average molecular weight is 196 g/mol. The fraction of sp³-hybridized carbons (Fsp3) is 1.00. The molecule has 3 heteroatoms. The van der Waals surface area contributed by atoms with E-state index in [0.717, 1.165) is 25.4 Å². The molecule has 1 N–H and O–H groups in total. The van der Waals surface area contributed by atoms with Gasteiger partial charge in [-0.3, -0.25) is 0 Å². The highest BCUT2D eigenvalue weighted by Crippen LogP contribution is 1.94. The largest absolute Gasteiger partial charge is 0.317 e. The summed E-state index contributed by atoms with van der Waals surface area (Å²) in [6.07, 6.45) is 5.77. The predicted octanol–water partition coefficient (Wildman–Crippen LogP) is 2.35. The van der Waals surface area contributed by atoms with Gasteiger partial charge in [-0.05, 0) is 44.4 Å². The SMILES string of the molecule is CSCCCNCCCCCl. The van der Waals surface area contributed by atoms with E-state index in [0.29, 0.717) is 0 Å². The van der Waals surface area contributed by atoms with Crippen LogP contribution in [0.25, 0.3) is 0 Å². The highest BCUT2D eigenvalue weighted by molar-refractivity contribution is 7.98. The Morgan fingerprint density at radius 3 is 2.55 bits per heavy atom. The lowest BCUT2D eigenvalue weighted by Gasteiger charge is -2.01. The van der Waals surface area contributed by atoms with Crippen molar-refractivity contribution in [3.8, 4) is 0 Å². The maximum absolute atomic E-state index is 5.53. The molecule has 0 heterocycles. The number of alkyl halides is 1. The molecule has 0 aliphatic rings. The lowest BCUT2D eigenvalue weighted by molar-refractivity contribution is 0.636. The molecule has 0 amide bonds. The number of halogens is 1. The van der Waals surface area contributed by atoms with Crippen LogP contribution in [0.2, 0.25) is 0 Å². The highest BCUT2D eigenvalue weighted by atomic mass is 35.5. The van der Waals surface area contributed by atoms with Crippen LogP contribution in [0.3, 0.4) is 0 Å². The summed E-state index contributed by atoms with van der Waals surface area (Å²) in [6.45, 7) is 2.28. The van der Waals surface area contributed by atoms with E-state index in [9.17, 15) is 0 Å². The number of unbranched alkanes of at least 4 members (excludes halogenated alkanes) is 1. The van der Waals surface area contributed by atoms with E-state index in [1.165, 1.54) is 18.6 Å². The highest BCUT2D eigenvalue weighted by Gasteiger charge is 1.87. The van der Waals surface area contributed by atoms with Gasteiger partial charge in [0, 0.05) is 5.88 Å². The van der Waals surface area contributed by atoms with Crippen LogP contribution in [0.1, 0.15) is 19.3 Å². The van der Waals surface area contributed by atoms with Crippen LogP contribution < -0.4 is 5.32 Å². The van der Waals surface area contributed by atoms with Crippen molar-refractivity contribution in [2.75, 3.05) is 31.0 Å². The molecule has 0 rings (SSSR count). The van der Waals surface area contributed by atoms with Crippen LogP contribution in [0, 0.1) is 0 Å². The van der Waals surface area contributed by atoms with Crippen LogP contribution in [-0.4, -0.2) is 31.0 Å². The third kappa shape index (κ3) is 10.6. The molecular weight excluding hydrogens is 178 g/mol. The zero-order chi connectivity index (χ0) is 8.36. The molecule has 68 valence electrons. The van der Waals surface area contributed by atoms with Gasteiger partial charge in [0.05, 0.1) is 0 Å². The van der Waals surface area contributed by atoms with Gasteiger partial charge in [0.25, 0.3) is 0 Å². The summed E-state index contributed by atoms with van der Waals surface area (Å²) in [5, 5.41) is 3.38. The smallest absolute Gasteiger partial charge is 0.0223 e. The van der Waals surface area contributed by atoms with Crippen molar-refractivity contribution in [1.29, 1.82) is 0 Å². The Bertz CT molecular complexity index is 63.1. The summed E-state index contributed by atoms with van der Waals surface area (Å²) in [7, 11) is 0. The van der Waals surface area contributed by atoms with Crippen molar-refractivity contribution >= 4 is 23.4 Å². The molecule has 0 fully saturated rings. The second-order valence-electron chi connectivity index (χ2n) is 2.49. The molecule has 0 radical (unpaired) electrons. The summed E-state index contributed by atoms with van der Waals surface area (Å²) in [4.78, 5) is 0. The molecule has 0 bridgehead atoms. The van der Waals surface area contributed by atoms with Crippen molar-refractivity contribution < 1.29 is 0 Å². The van der Waals surface area contributed by atoms with Gasteiger partial charge in [0.2, 0.25) is 0 Å². The molecule has 0 spiro atoms. The molecule has 0 saturated heterocycles. The zero-order valence-electron chi connectivity index (χ0n) is 7.24. The normalized spacial score (nSPS) is 10.4. The van der Waals surface area contributed by atoms with E-state index in [1.54, 1.807) is 0 Å². The number of hydrogen-bond donors (Lipinski definition) is 1. The minimum Gasteiger partial charge on any atom is -0.317 e. The van der Waals surface area contributed by atoms with Gasteiger partial charge >= 0.3 is 0 Å². The number of thioether (sulfide) groups is 1. The minimum absolute atomic E-state index is 0.798. The van der Waals surface area contributed by atoms with E-state index in [4.69, 9.17) is 11.6 Å². The molecular formula is C8H18ClNS. The van der Waals surface area contributed by atoms with Gasteiger partial charge < -0.3 is 5.32 Å². The van der Waals surface area contributed by atoms with Gasteiger partial charge in [-0.1, -0.05) is 0 Å². The zero-order valence-corrected chi connectivity index (χ0v) is 8.81. The molecule has 11 heavy (non-hydrogen) atoms. The number of hydrogen-bond acceptors (Lipinski definition) is 2. The fourth-order valence-electron chi connectivity index (χ4n) is 0.811. The molecule has 0 aromatic carbocycles. The summed E-state index contributed by atoms with van der Waals surface area (Å²) in [5.41, 5.74) is 0. The minimum atomic E-state index is 0.798. The summed E-state index contributed by atoms with van der Waals surface area (Å²) in [5.74, 6) is 2.06. The Balaban J connectivity index is 2.69. The first-order valence-electron chi connectivity index (χ1n) is 4.17. The van der Waals surface area contributed by atoms with Crippen LogP contribution in [0.4, 0.5) is 0 Å². The first-order valence-corrected chi connectivity index (χ1v) is 6.10. The van der Waals surface area contributed by atoms with E-state index < -0.39 is 0 Å². The van der Waals surface area contributed by atoms with Crippen LogP contribution >= 0.6 is 23.4 Å². The molecule has 0 aromatic heterocycles. The second kappa shape index (κ2) is 10.6. The van der Waals surface area contributed by atoms with Crippen LogP contribution in [-0.2, 0) is 0 Å². The van der Waals surface area contributed by atoms with Gasteiger partial charge in [0.1, 0.15) is 0 Å². The van der Waals surface area contributed by atoms with Gasteiger partial charge in [-0.2, -0.15) is 11.8 Å². The summed E-state index contributed by atoms with van der Waals surface area (Å²) < 4.78 is 0. The molecule has 0 aliphatic carbocycles. The average Bonchev–Trinajstić information content (AvgIpc) is 2.03. The third-order valence-corrected chi connectivity index (χ3v) is 2.40. The van der Waals surface area contributed by atoms with Gasteiger partial charge in [0.15, 0.2) is 0 Å². The Kier molecular flexibility index (Phi) is 11.2. The van der Waals surface area contributed by atoms with Crippen molar-refractivity contribution in [2.24, 2.45) is 0 Å². The van der Waals surface area contributed by atoms with Gasteiger partial charge in [-0.25, -0.2) is 0 Å². The molecule has 0 aromatic rings. The molecule has 0 atom stereocenters. The molecule has 0 unspecified atom stereocenters. The topological polar surface area (TPSA) is 12.0 Å². The van der Waals surface area contributed by atoms with Crippen molar-refractivity contribution in [3.05, 3.63) is 0 Å².